The normalized spacial score (nSPS) is 16.5. The molecule has 0 fully saturated rings. The Hall–Kier alpha value is -4.18. The van der Waals surface area contributed by atoms with E-state index in [1.54, 1.807) is 6.07 Å². The van der Waals surface area contributed by atoms with Crippen molar-refractivity contribution in [1.82, 2.24) is 5.32 Å². The summed E-state index contributed by atoms with van der Waals surface area (Å²) in [5.74, 6) is -3.73. The third-order valence-corrected chi connectivity index (χ3v) is 8.34. The summed E-state index contributed by atoms with van der Waals surface area (Å²) in [7, 11) is -0.770. The average Bonchev–Trinajstić information content (AvgIpc) is 3.05. The summed E-state index contributed by atoms with van der Waals surface area (Å²) < 4.78 is 29.9. The van der Waals surface area contributed by atoms with Gasteiger partial charge in [0, 0.05) is 18.4 Å². The lowest BCUT2D eigenvalue weighted by molar-refractivity contribution is -0.133. The van der Waals surface area contributed by atoms with Gasteiger partial charge in [-0.05, 0) is 49.0 Å². The second-order valence-corrected chi connectivity index (χ2v) is 12.3. The van der Waals surface area contributed by atoms with Crippen molar-refractivity contribution in [2.45, 2.75) is 19.0 Å². The number of amides is 3. The highest BCUT2D eigenvalue weighted by Gasteiger charge is 2.49. The van der Waals surface area contributed by atoms with Crippen LogP contribution >= 0.6 is 12.4 Å². The Morgan fingerprint density at radius 1 is 1.17 bits per heavy atom. The van der Waals surface area contributed by atoms with Gasteiger partial charge in [0.2, 0.25) is 17.7 Å². The largest absolute Gasteiger partial charge is 0.496 e. The summed E-state index contributed by atoms with van der Waals surface area (Å²) in [5, 5.41) is 14.2. The van der Waals surface area contributed by atoms with Crippen LogP contribution in [0.3, 0.4) is 0 Å². The minimum absolute atomic E-state index is 0. The van der Waals surface area contributed by atoms with Crippen molar-refractivity contribution in [1.29, 1.82) is 5.26 Å². The first-order valence-electron chi connectivity index (χ1n) is 12.7. The van der Waals surface area contributed by atoms with E-state index in [0.717, 1.165) is 21.9 Å². The summed E-state index contributed by atoms with van der Waals surface area (Å²) in [5.41, 5.74) is 5.45. The number of nitrogens with two attached hydrogens (primary N) is 1. The molecule has 1 unspecified atom stereocenters. The van der Waals surface area contributed by atoms with Gasteiger partial charge in [0.1, 0.15) is 17.0 Å². The van der Waals surface area contributed by atoms with Gasteiger partial charge in [-0.25, -0.2) is 8.42 Å². The highest BCUT2D eigenvalue weighted by molar-refractivity contribution is 7.91. The molecule has 3 amide bonds. The molecule has 0 spiro atoms. The van der Waals surface area contributed by atoms with Crippen LogP contribution in [-0.4, -0.2) is 64.4 Å². The molecular weight excluding hydrogens is 582 g/mol. The predicted octanol–water partition coefficient (Wildman–Crippen LogP) is 2.15. The topological polar surface area (TPSA) is 163 Å². The molecule has 0 saturated heterocycles. The number of anilines is 2. The summed E-state index contributed by atoms with van der Waals surface area (Å²) in [4.78, 5) is 43.3. The van der Waals surface area contributed by atoms with Crippen LogP contribution in [0.1, 0.15) is 18.1 Å². The molecule has 3 N–H and O–H groups in total. The number of carbonyl (C=O) groups excluding carboxylic acids is 3. The van der Waals surface area contributed by atoms with Gasteiger partial charge in [0.15, 0.2) is 9.84 Å². The lowest BCUT2D eigenvalue weighted by atomic mass is 9.83. The maximum atomic E-state index is 14.5. The fourth-order valence-corrected chi connectivity index (χ4v) is 5.74. The third kappa shape index (κ3) is 6.04. The highest BCUT2D eigenvalue weighted by atomic mass is 35.5. The van der Waals surface area contributed by atoms with Gasteiger partial charge in [-0.2, -0.15) is 5.26 Å². The van der Waals surface area contributed by atoms with E-state index in [0.29, 0.717) is 11.3 Å². The van der Waals surface area contributed by atoms with Crippen molar-refractivity contribution in [3.05, 3.63) is 65.7 Å². The first-order chi connectivity index (χ1) is 19.3. The number of fused-ring (bicyclic) bond motifs is 2. The van der Waals surface area contributed by atoms with Crippen LogP contribution in [0.2, 0.25) is 0 Å². The summed E-state index contributed by atoms with van der Waals surface area (Å²) in [6, 6.07) is 17.8. The molecule has 11 nitrogen and oxygen atoms in total. The molecule has 1 heterocycles. The van der Waals surface area contributed by atoms with Gasteiger partial charge < -0.3 is 25.6 Å². The van der Waals surface area contributed by atoms with Crippen LogP contribution in [-0.2, 0) is 30.8 Å². The van der Waals surface area contributed by atoms with E-state index in [9.17, 15) is 28.1 Å². The van der Waals surface area contributed by atoms with Crippen LogP contribution in [0.4, 0.5) is 11.4 Å². The zero-order valence-corrected chi connectivity index (χ0v) is 25.2. The summed E-state index contributed by atoms with van der Waals surface area (Å²) in [6.45, 7) is 1.08. The van der Waals surface area contributed by atoms with Gasteiger partial charge >= 0.3 is 0 Å². The molecule has 0 bridgehead atoms. The number of primary amides is 1. The minimum atomic E-state index is -3.77. The second kappa shape index (κ2) is 12.4. The zero-order chi connectivity index (χ0) is 30.1. The number of methoxy groups -OCH3 is 1. The third-order valence-electron chi connectivity index (χ3n) is 7.56. The fraction of sp³-hybridized carbons (Fsp3) is 0.310. The monoisotopic (exact) mass is 613 g/mol. The molecule has 2 atom stereocenters. The predicted molar refractivity (Wildman–Crippen MR) is 162 cm³/mol. The maximum Gasteiger partial charge on any atom is 0.242 e. The van der Waals surface area contributed by atoms with Crippen molar-refractivity contribution in [3.8, 4) is 11.8 Å². The van der Waals surface area contributed by atoms with Crippen LogP contribution in [0.5, 0.6) is 5.75 Å². The first kappa shape index (κ1) is 32.3. The molecule has 1 aliphatic rings. The van der Waals surface area contributed by atoms with E-state index >= 15 is 0 Å². The number of hydrogen-bond donors (Lipinski definition) is 2. The molecule has 0 saturated carbocycles. The Kier molecular flexibility index (Phi) is 9.52. The molecule has 0 radical (unpaired) electrons. The van der Waals surface area contributed by atoms with Gasteiger partial charge in [-0.15, -0.1) is 12.4 Å². The lowest BCUT2D eigenvalue weighted by Crippen LogP contribution is -2.63. The number of halogens is 1. The summed E-state index contributed by atoms with van der Waals surface area (Å²) in [6.07, 6.45) is 0.929. The van der Waals surface area contributed by atoms with Crippen molar-refractivity contribution < 1.29 is 27.5 Å². The molecule has 222 valence electrons. The fourth-order valence-electron chi connectivity index (χ4n) is 5.13. The van der Waals surface area contributed by atoms with Crippen molar-refractivity contribution in [2.75, 3.05) is 42.5 Å². The number of rotatable bonds is 8. The number of carbonyl (C=O) groups is 3. The van der Waals surface area contributed by atoms with E-state index in [2.05, 4.69) is 5.32 Å². The van der Waals surface area contributed by atoms with Gasteiger partial charge in [-0.1, -0.05) is 30.3 Å². The van der Waals surface area contributed by atoms with Gasteiger partial charge in [0.25, 0.3) is 0 Å². The standard InChI is InChI=1S/C29H31N5O6S.ClH/c1-29(32-2,28(31)37)22-16-33(26(35)17-41(4,38)39)24-13-18(14-30)9-11-23(24)34(27(22)36)15-21-20-8-6-5-7-19(20)10-12-25(21)40-3;/h5-13,22,32H,15-17H2,1-4H3,(H2,31,37);1H/t22-,29?;/m1./s1. The number of nitriles is 1. The number of nitrogens with one attached hydrogen (secondary N) is 1. The molecule has 3 aromatic rings. The average molecular weight is 614 g/mol. The second-order valence-electron chi connectivity index (χ2n) is 10.2. The number of ether oxygens (including phenoxy) is 1. The van der Waals surface area contributed by atoms with Crippen molar-refractivity contribution in [2.24, 2.45) is 11.7 Å². The molecule has 3 aromatic carbocycles. The molecule has 13 heteroatoms. The lowest BCUT2D eigenvalue weighted by Gasteiger charge is -2.36. The van der Waals surface area contributed by atoms with Crippen LogP contribution in [0, 0.1) is 17.2 Å². The maximum absolute atomic E-state index is 14.5. The van der Waals surface area contributed by atoms with E-state index in [1.807, 2.05) is 36.4 Å². The van der Waals surface area contributed by atoms with Gasteiger partial charge in [-0.3, -0.25) is 14.4 Å². The number of nitrogens with zero attached hydrogens (tertiary/aromatic N) is 3. The number of benzene rings is 3. The van der Waals surface area contributed by atoms with Crippen molar-refractivity contribution in [3.63, 3.8) is 0 Å². The Bertz CT molecular complexity index is 1710. The molecule has 0 aromatic heterocycles. The van der Waals surface area contributed by atoms with E-state index in [1.165, 1.54) is 44.2 Å². The Labute approximate surface area is 250 Å². The molecule has 4 rings (SSSR count). The van der Waals surface area contributed by atoms with Gasteiger partial charge in [0.05, 0.1) is 42.6 Å². The first-order valence-corrected chi connectivity index (χ1v) is 14.8. The van der Waals surface area contributed by atoms with E-state index in [4.69, 9.17) is 10.5 Å². The quantitative estimate of drug-likeness (QED) is 0.390. The summed E-state index contributed by atoms with van der Waals surface area (Å²) >= 11 is 0. The molecule has 42 heavy (non-hydrogen) atoms. The van der Waals surface area contributed by atoms with E-state index in [-0.39, 0.29) is 42.4 Å². The molecule has 1 aliphatic heterocycles. The molecule has 0 aliphatic carbocycles. The van der Waals surface area contributed by atoms with Crippen LogP contribution < -0.4 is 25.6 Å². The van der Waals surface area contributed by atoms with E-state index < -0.39 is 44.8 Å². The van der Waals surface area contributed by atoms with Crippen LogP contribution in [0.15, 0.2) is 54.6 Å². The Morgan fingerprint density at radius 2 is 1.86 bits per heavy atom. The highest BCUT2D eigenvalue weighted by Crippen LogP contribution is 2.40. The number of sulfone groups is 1. The number of hydrogen-bond acceptors (Lipinski definition) is 8. The minimum Gasteiger partial charge on any atom is -0.496 e. The van der Waals surface area contributed by atoms with Crippen LogP contribution in [0.25, 0.3) is 10.8 Å². The zero-order valence-electron chi connectivity index (χ0n) is 23.6. The van der Waals surface area contributed by atoms with Crippen molar-refractivity contribution >= 4 is 62.1 Å². The number of likely N-dealkylation sites (N-methyl/N-ethyl adjacent to an activating group) is 1. The Balaban J connectivity index is 0.00000484. The molecular formula is C29H32ClN5O6S. The SMILES string of the molecule is CNC(C)(C(N)=O)[C@@H]1CN(C(=O)CS(C)(=O)=O)c2cc(C#N)ccc2N(Cc2c(OC)ccc3ccccc23)C1=O.Cl. The Morgan fingerprint density at radius 3 is 2.45 bits per heavy atom. The smallest absolute Gasteiger partial charge is 0.242 e.